The number of hydrogen-bond acceptors (Lipinski definition) is 5. The van der Waals surface area contributed by atoms with Gasteiger partial charge in [-0.1, -0.05) is 50.1 Å². The molecular formula is C31H33N5O2S. The first kappa shape index (κ1) is 16.8. The molecule has 3 heterocycles. The molecule has 0 fully saturated rings. The minimum absolute atomic E-state index is 0.103. The highest BCUT2D eigenvalue weighted by molar-refractivity contribution is 7.13. The number of carbonyl (C=O) groups excluding carboxylic acids is 2. The molecule has 0 bridgehead atoms. The second-order valence-electron chi connectivity index (χ2n) is 8.97. The van der Waals surface area contributed by atoms with Crippen LogP contribution in [-0.2, 0) is 4.79 Å². The lowest BCUT2D eigenvalue weighted by Gasteiger charge is -2.18. The minimum atomic E-state index is -3.39. The number of anilines is 1. The number of nitrogens with zero attached hydrogens (tertiary/aromatic N) is 2. The van der Waals surface area contributed by atoms with E-state index in [1.54, 1.807) is 19.9 Å². The standard InChI is InChI=1S/C31H33N5O2S/c1-5-36(6-2)15-14-32-30(38)28-19(3)26(33-20(28)4)17-24-23-16-22(12-13-25(23)34-29(24)37)27-18-39-31(35-27)21-10-8-7-9-11-21/h7-13,16-18,33H,5-6,14-15H2,1-4H3,(H,32,38)(H,34,37)/b24-17-/i1D3,2D3,5D2,6D2. The molecule has 1 aliphatic rings. The largest absolute Gasteiger partial charge is 0.358 e. The molecule has 0 spiro atoms. The summed E-state index contributed by atoms with van der Waals surface area (Å²) in [5.74, 6) is -0.976. The lowest BCUT2D eigenvalue weighted by molar-refractivity contribution is -0.110. The number of carbonyl (C=O) groups is 2. The number of benzene rings is 2. The van der Waals surface area contributed by atoms with E-state index in [9.17, 15) is 9.59 Å². The second-order valence-corrected chi connectivity index (χ2v) is 9.83. The highest BCUT2D eigenvalue weighted by Gasteiger charge is 2.26. The van der Waals surface area contributed by atoms with Crippen LogP contribution in [0.5, 0.6) is 0 Å². The first-order valence-corrected chi connectivity index (χ1v) is 13.1. The zero-order valence-electron chi connectivity index (χ0n) is 31.3. The summed E-state index contributed by atoms with van der Waals surface area (Å²) in [6.07, 6.45) is 1.64. The predicted molar refractivity (Wildman–Crippen MR) is 160 cm³/mol. The predicted octanol–water partition coefficient (Wildman–Crippen LogP) is 5.99. The SMILES string of the molecule is [2H]C([2H])([2H])C([2H])([2H])N(CCNC(=O)c1c(C)[nH]c(/C=C2\C(=O)Nc3ccc(-c4csc(-c5ccccc5)n4)cc32)c1C)C([2H])([2H])C([2H])([2H])[2H]. The van der Waals surface area contributed by atoms with Crippen LogP contribution in [0, 0.1) is 13.8 Å². The maximum Gasteiger partial charge on any atom is 0.256 e. The molecule has 0 atom stereocenters. The number of amides is 2. The third kappa shape index (κ3) is 5.44. The Morgan fingerprint density at radius 3 is 2.72 bits per heavy atom. The third-order valence-corrected chi connectivity index (χ3v) is 7.40. The van der Waals surface area contributed by atoms with Gasteiger partial charge in [-0.3, -0.25) is 9.59 Å². The monoisotopic (exact) mass is 549 g/mol. The molecular weight excluding hydrogens is 506 g/mol. The molecule has 2 aromatic carbocycles. The topological polar surface area (TPSA) is 90.1 Å². The van der Waals surface area contributed by atoms with E-state index in [2.05, 4.69) is 15.6 Å². The summed E-state index contributed by atoms with van der Waals surface area (Å²) in [5, 5.41) is 8.20. The molecule has 0 unspecified atom stereocenters. The molecule has 8 heteroatoms. The van der Waals surface area contributed by atoms with Gasteiger partial charge in [-0.2, -0.15) is 0 Å². The highest BCUT2D eigenvalue weighted by Crippen LogP contribution is 2.38. The summed E-state index contributed by atoms with van der Waals surface area (Å²) in [5.41, 5.74) is 5.83. The fraction of sp³-hybridized carbons (Fsp3) is 0.258. The zero-order chi connectivity index (χ0) is 36.1. The Kier molecular flexibility index (Phi) is 4.92. The number of thiazole rings is 1. The van der Waals surface area contributed by atoms with E-state index in [0.29, 0.717) is 33.8 Å². The van der Waals surface area contributed by atoms with Gasteiger partial charge in [-0.05, 0) is 50.6 Å². The normalized spacial score (nSPS) is 18.8. The number of H-pyrrole nitrogens is 1. The number of fused-ring (bicyclic) bond motifs is 1. The van der Waals surface area contributed by atoms with Gasteiger partial charge in [0.2, 0.25) is 0 Å². The number of aromatic nitrogens is 2. The Hall–Kier alpha value is -4.01. The first-order chi connectivity index (χ1) is 22.7. The van der Waals surface area contributed by atoms with Gasteiger partial charge in [0.15, 0.2) is 0 Å². The van der Waals surface area contributed by atoms with Crippen LogP contribution >= 0.6 is 11.3 Å². The molecule has 0 saturated carbocycles. The summed E-state index contributed by atoms with van der Waals surface area (Å²) in [6.45, 7) is -11.4. The Labute approximate surface area is 247 Å². The fourth-order valence-electron chi connectivity index (χ4n) is 4.52. The Morgan fingerprint density at radius 2 is 1.95 bits per heavy atom. The van der Waals surface area contributed by atoms with Crippen molar-refractivity contribution in [3.05, 3.63) is 82.0 Å². The summed E-state index contributed by atoms with van der Waals surface area (Å²) >= 11 is 1.51. The van der Waals surface area contributed by atoms with Gasteiger partial charge < -0.3 is 20.5 Å². The van der Waals surface area contributed by atoms with Crippen molar-refractivity contribution in [2.45, 2.75) is 27.6 Å². The molecule has 2 amide bonds. The highest BCUT2D eigenvalue weighted by atomic mass is 32.1. The molecule has 5 rings (SSSR count). The quantitative estimate of drug-likeness (QED) is 0.224. The van der Waals surface area contributed by atoms with Gasteiger partial charge in [0.1, 0.15) is 5.01 Å². The minimum Gasteiger partial charge on any atom is -0.358 e. The molecule has 0 aliphatic carbocycles. The van der Waals surface area contributed by atoms with Gasteiger partial charge in [0.05, 0.1) is 16.8 Å². The van der Waals surface area contributed by atoms with E-state index in [1.165, 1.54) is 11.3 Å². The summed E-state index contributed by atoms with van der Waals surface area (Å²) in [6, 6.07) is 15.4. The van der Waals surface area contributed by atoms with E-state index in [1.807, 2.05) is 53.9 Å². The number of rotatable bonds is 9. The summed E-state index contributed by atoms with van der Waals surface area (Å²) in [4.78, 5) is 34.4. The molecule has 0 radical (unpaired) electrons. The number of hydrogen-bond donors (Lipinski definition) is 3. The number of nitrogens with one attached hydrogen (secondary N) is 3. The second kappa shape index (κ2) is 11.4. The maximum absolute atomic E-state index is 13.3. The van der Waals surface area contributed by atoms with Gasteiger partial charge in [0.25, 0.3) is 11.8 Å². The van der Waals surface area contributed by atoms with Crippen molar-refractivity contribution < 1.29 is 23.3 Å². The Balaban J connectivity index is 1.38. The smallest absolute Gasteiger partial charge is 0.256 e. The Morgan fingerprint density at radius 1 is 1.15 bits per heavy atom. The van der Waals surface area contributed by atoms with Gasteiger partial charge >= 0.3 is 0 Å². The van der Waals surface area contributed by atoms with E-state index in [4.69, 9.17) is 18.7 Å². The van der Waals surface area contributed by atoms with Crippen LogP contribution in [0.15, 0.2) is 53.9 Å². The van der Waals surface area contributed by atoms with Crippen LogP contribution in [0.25, 0.3) is 33.5 Å². The van der Waals surface area contributed by atoms with Gasteiger partial charge in [0, 0.05) is 65.9 Å². The fourth-order valence-corrected chi connectivity index (χ4v) is 5.36. The van der Waals surface area contributed by atoms with Crippen molar-refractivity contribution in [3.63, 3.8) is 0 Å². The van der Waals surface area contributed by atoms with Crippen molar-refractivity contribution in [2.24, 2.45) is 0 Å². The number of aromatic amines is 1. The summed E-state index contributed by atoms with van der Waals surface area (Å²) < 4.78 is 77.4. The molecule has 4 aromatic rings. The van der Waals surface area contributed by atoms with Crippen LogP contribution in [-0.4, -0.2) is 52.8 Å². The number of aryl methyl sites for hydroxylation is 1. The zero-order valence-corrected chi connectivity index (χ0v) is 22.1. The van der Waals surface area contributed by atoms with Crippen LogP contribution in [0.4, 0.5) is 5.69 Å². The molecule has 1 aliphatic heterocycles. The van der Waals surface area contributed by atoms with E-state index < -0.39 is 45.7 Å². The van der Waals surface area contributed by atoms with Crippen LogP contribution in [0.3, 0.4) is 0 Å². The van der Waals surface area contributed by atoms with Crippen molar-refractivity contribution in [2.75, 3.05) is 31.4 Å². The average Bonchev–Trinajstić information content (AvgIpc) is 3.70. The van der Waals surface area contributed by atoms with E-state index in [0.717, 1.165) is 21.8 Å². The average molecular weight is 550 g/mol. The molecule has 2 aromatic heterocycles. The Bertz CT molecular complexity index is 1900. The molecule has 200 valence electrons. The molecule has 7 nitrogen and oxygen atoms in total. The van der Waals surface area contributed by atoms with Crippen molar-refractivity contribution in [1.29, 1.82) is 0 Å². The lowest BCUT2D eigenvalue weighted by Crippen LogP contribution is -2.35. The van der Waals surface area contributed by atoms with Crippen LogP contribution in [0.1, 0.15) is 60.3 Å². The van der Waals surface area contributed by atoms with Crippen LogP contribution in [0.2, 0.25) is 0 Å². The third-order valence-electron chi connectivity index (χ3n) is 6.51. The maximum atomic E-state index is 13.3. The molecule has 0 saturated heterocycles. The molecule has 39 heavy (non-hydrogen) atoms. The first-order valence-electron chi connectivity index (χ1n) is 17.2. The van der Waals surface area contributed by atoms with E-state index in [-0.39, 0.29) is 16.4 Å². The van der Waals surface area contributed by atoms with Crippen LogP contribution < -0.4 is 10.6 Å². The molecule has 3 N–H and O–H groups in total. The van der Waals surface area contributed by atoms with Crippen molar-refractivity contribution in [1.82, 2.24) is 20.2 Å². The number of likely N-dealkylation sites (N-methyl/N-ethyl adjacent to an activating group) is 1. The summed E-state index contributed by atoms with van der Waals surface area (Å²) in [7, 11) is 0. The van der Waals surface area contributed by atoms with Gasteiger partial charge in [-0.15, -0.1) is 11.3 Å². The van der Waals surface area contributed by atoms with Crippen molar-refractivity contribution >= 4 is 40.5 Å². The van der Waals surface area contributed by atoms with Crippen molar-refractivity contribution in [3.8, 4) is 21.8 Å². The van der Waals surface area contributed by atoms with Gasteiger partial charge in [-0.25, -0.2) is 4.98 Å². The van der Waals surface area contributed by atoms with E-state index >= 15 is 0 Å². The lowest BCUT2D eigenvalue weighted by atomic mass is 10.0.